The second kappa shape index (κ2) is 5.14. The molecule has 5 heteroatoms. The lowest BCUT2D eigenvalue weighted by Gasteiger charge is -2.13. The fraction of sp³-hybridized carbons (Fsp3) is 0.375. The first kappa shape index (κ1) is 10.4. The minimum absolute atomic E-state index is 0.0951. The molecule has 0 aliphatic carbocycles. The molecule has 0 saturated heterocycles. The quantitative estimate of drug-likeness (QED) is 0.561. The van der Waals surface area contributed by atoms with Gasteiger partial charge in [0, 0.05) is 13.3 Å². The first-order valence-corrected chi connectivity index (χ1v) is 4.22. The summed E-state index contributed by atoms with van der Waals surface area (Å²) in [7, 11) is 1.61. The smallest absolute Gasteiger partial charge is 0.0865 e. The van der Waals surface area contributed by atoms with Gasteiger partial charge in [-0.2, -0.15) is 0 Å². The zero-order valence-corrected chi connectivity index (χ0v) is 8.08. The molecule has 4 nitrogen and oxygen atoms in total. The van der Waals surface area contributed by atoms with Crippen LogP contribution in [0.25, 0.3) is 0 Å². The average molecular weight is 202 g/mol. The second-order valence-corrected chi connectivity index (χ2v) is 3.01. The highest BCUT2D eigenvalue weighted by Crippen LogP contribution is 2.12. The molecule has 0 bridgehead atoms. The van der Waals surface area contributed by atoms with Crippen LogP contribution in [-0.2, 0) is 4.74 Å². The summed E-state index contributed by atoms with van der Waals surface area (Å²) in [5.74, 6) is 5.33. The maximum absolute atomic E-state index is 5.69. The van der Waals surface area contributed by atoms with E-state index < -0.39 is 0 Å². The summed E-state index contributed by atoms with van der Waals surface area (Å²) >= 11 is 5.69. The molecular weight excluding hydrogens is 190 g/mol. The predicted molar refractivity (Wildman–Crippen MR) is 51.2 cm³/mol. The lowest BCUT2D eigenvalue weighted by atomic mass is 10.2. The topological polar surface area (TPSA) is 60.2 Å². The molecule has 1 aromatic heterocycles. The third-order valence-electron chi connectivity index (χ3n) is 1.64. The van der Waals surface area contributed by atoms with Crippen molar-refractivity contribution < 1.29 is 4.74 Å². The minimum Gasteiger partial charge on any atom is -0.383 e. The Hall–Kier alpha value is -0.680. The highest BCUT2D eigenvalue weighted by atomic mass is 35.5. The Morgan fingerprint density at radius 2 is 2.46 bits per heavy atom. The first-order chi connectivity index (χ1) is 6.27. The molecule has 3 N–H and O–H groups in total. The fourth-order valence-electron chi connectivity index (χ4n) is 0.979. The molecule has 1 unspecified atom stereocenters. The van der Waals surface area contributed by atoms with Gasteiger partial charge in [0.2, 0.25) is 0 Å². The summed E-state index contributed by atoms with van der Waals surface area (Å²) in [4.78, 5) is 4.11. The summed E-state index contributed by atoms with van der Waals surface area (Å²) in [6, 6.07) is 3.48. The Labute approximate surface area is 82.0 Å². The summed E-state index contributed by atoms with van der Waals surface area (Å²) in [6.07, 6.45) is 1.58. The Kier molecular flexibility index (Phi) is 4.11. The molecule has 0 spiro atoms. The lowest BCUT2D eigenvalue weighted by molar-refractivity contribution is 0.166. The van der Waals surface area contributed by atoms with Crippen LogP contribution in [0.2, 0.25) is 5.02 Å². The van der Waals surface area contributed by atoms with Crippen LogP contribution in [0, 0.1) is 0 Å². The highest BCUT2D eigenvalue weighted by molar-refractivity contribution is 6.30. The van der Waals surface area contributed by atoms with Crippen molar-refractivity contribution in [3.8, 4) is 0 Å². The van der Waals surface area contributed by atoms with Gasteiger partial charge in [-0.3, -0.25) is 10.8 Å². The van der Waals surface area contributed by atoms with Crippen molar-refractivity contribution in [2.45, 2.75) is 6.04 Å². The molecule has 0 radical (unpaired) electrons. The number of hydrazine groups is 1. The van der Waals surface area contributed by atoms with Crippen LogP contribution in [-0.4, -0.2) is 18.7 Å². The van der Waals surface area contributed by atoms with Gasteiger partial charge in [0.1, 0.15) is 0 Å². The van der Waals surface area contributed by atoms with Gasteiger partial charge in [0.05, 0.1) is 23.4 Å². The average Bonchev–Trinajstić information content (AvgIpc) is 2.16. The van der Waals surface area contributed by atoms with Crippen molar-refractivity contribution in [1.29, 1.82) is 0 Å². The minimum atomic E-state index is -0.0951. The van der Waals surface area contributed by atoms with Crippen LogP contribution in [0.4, 0.5) is 0 Å². The number of hydrogen-bond acceptors (Lipinski definition) is 4. The van der Waals surface area contributed by atoms with Gasteiger partial charge in [-0.15, -0.1) is 0 Å². The molecule has 1 rings (SSSR count). The number of nitrogens with two attached hydrogens (primary N) is 1. The molecule has 0 amide bonds. The van der Waals surface area contributed by atoms with Crippen molar-refractivity contribution in [2.24, 2.45) is 5.84 Å². The van der Waals surface area contributed by atoms with Crippen molar-refractivity contribution in [3.63, 3.8) is 0 Å². The number of nitrogens with one attached hydrogen (secondary N) is 1. The normalized spacial score (nSPS) is 12.8. The summed E-state index contributed by atoms with van der Waals surface area (Å²) in [5, 5.41) is 0.608. The Morgan fingerprint density at radius 1 is 1.69 bits per heavy atom. The molecule has 0 fully saturated rings. The first-order valence-electron chi connectivity index (χ1n) is 3.84. The maximum atomic E-state index is 5.69. The molecule has 0 aliphatic heterocycles. The van der Waals surface area contributed by atoms with Gasteiger partial charge in [-0.25, -0.2) is 5.43 Å². The van der Waals surface area contributed by atoms with Crippen molar-refractivity contribution in [2.75, 3.05) is 13.7 Å². The molecule has 0 saturated carbocycles. The fourth-order valence-corrected chi connectivity index (χ4v) is 1.09. The number of halogens is 1. The lowest BCUT2D eigenvalue weighted by Crippen LogP contribution is -2.31. The number of hydrogen-bond donors (Lipinski definition) is 2. The van der Waals surface area contributed by atoms with E-state index in [9.17, 15) is 0 Å². The largest absolute Gasteiger partial charge is 0.383 e. The third-order valence-corrected chi connectivity index (χ3v) is 1.87. The standard InChI is InChI=1S/C8H12ClN3O/c1-13-5-8(12-10)7-3-2-6(9)4-11-7/h2-4,8,12H,5,10H2,1H3. The van der Waals surface area contributed by atoms with E-state index in [-0.39, 0.29) is 6.04 Å². The van der Waals surface area contributed by atoms with E-state index in [1.807, 2.05) is 6.07 Å². The predicted octanol–water partition coefficient (Wildman–Crippen LogP) is 0.886. The third kappa shape index (κ3) is 2.93. The van der Waals surface area contributed by atoms with Gasteiger partial charge in [0.25, 0.3) is 0 Å². The number of nitrogens with zero attached hydrogens (tertiary/aromatic N) is 1. The van der Waals surface area contributed by atoms with E-state index in [0.717, 1.165) is 5.69 Å². The van der Waals surface area contributed by atoms with E-state index in [0.29, 0.717) is 11.6 Å². The molecular formula is C8H12ClN3O. The number of ether oxygens (including phenoxy) is 1. The van der Waals surface area contributed by atoms with Crippen molar-refractivity contribution >= 4 is 11.6 Å². The Bertz CT molecular complexity index is 252. The molecule has 13 heavy (non-hydrogen) atoms. The number of pyridine rings is 1. The van der Waals surface area contributed by atoms with Crippen molar-refractivity contribution in [3.05, 3.63) is 29.0 Å². The molecule has 1 heterocycles. The number of aromatic nitrogens is 1. The second-order valence-electron chi connectivity index (χ2n) is 2.58. The molecule has 1 aromatic rings. The SMILES string of the molecule is COCC(NN)c1ccc(Cl)cn1. The van der Waals surface area contributed by atoms with Crippen LogP contribution in [0.15, 0.2) is 18.3 Å². The number of methoxy groups -OCH3 is 1. The zero-order valence-electron chi connectivity index (χ0n) is 7.33. The molecule has 0 aliphatic rings. The summed E-state index contributed by atoms with van der Waals surface area (Å²) in [5.41, 5.74) is 3.42. The Balaban J connectivity index is 2.73. The van der Waals surface area contributed by atoms with Gasteiger partial charge in [-0.1, -0.05) is 11.6 Å². The van der Waals surface area contributed by atoms with Gasteiger partial charge >= 0.3 is 0 Å². The van der Waals surface area contributed by atoms with E-state index >= 15 is 0 Å². The van der Waals surface area contributed by atoms with Gasteiger partial charge in [0.15, 0.2) is 0 Å². The number of rotatable bonds is 4. The van der Waals surface area contributed by atoms with Crippen LogP contribution in [0.3, 0.4) is 0 Å². The van der Waals surface area contributed by atoms with E-state index in [1.54, 1.807) is 19.4 Å². The van der Waals surface area contributed by atoms with E-state index in [1.165, 1.54) is 0 Å². The van der Waals surface area contributed by atoms with E-state index in [2.05, 4.69) is 10.4 Å². The van der Waals surface area contributed by atoms with Crippen LogP contribution < -0.4 is 11.3 Å². The highest BCUT2D eigenvalue weighted by Gasteiger charge is 2.09. The molecule has 1 atom stereocenters. The molecule has 0 aromatic carbocycles. The summed E-state index contributed by atoms with van der Waals surface area (Å²) in [6.45, 7) is 0.477. The van der Waals surface area contributed by atoms with Gasteiger partial charge < -0.3 is 4.74 Å². The monoisotopic (exact) mass is 201 g/mol. The summed E-state index contributed by atoms with van der Waals surface area (Å²) < 4.78 is 4.96. The maximum Gasteiger partial charge on any atom is 0.0865 e. The van der Waals surface area contributed by atoms with E-state index in [4.69, 9.17) is 22.2 Å². The van der Waals surface area contributed by atoms with Crippen LogP contribution in [0.5, 0.6) is 0 Å². The van der Waals surface area contributed by atoms with Crippen LogP contribution >= 0.6 is 11.6 Å². The van der Waals surface area contributed by atoms with Crippen molar-refractivity contribution in [1.82, 2.24) is 10.4 Å². The zero-order chi connectivity index (χ0) is 9.68. The molecule has 72 valence electrons. The van der Waals surface area contributed by atoms with Crippen LogP contribution in [0.1, 0.15) is 11.7 Å². The van der Waals surface area contributed by atoms with Gasteiger partial charge in [-0.05, 0) is 12.1 Å². The Morgan fingerprint density at radius 3 is 2.92 bits per heavy atom.